The standard InChI is InChI=1S/C21H26N4O6S/c1-3-4-6-11-19(26)23-17-13-12-15(14-18(17)24-20(22)25-21(27)30-2)31-32(28,29)16-9-7-5-8-10-16/h5,7-10,12-14H,3-4,6,11H2,1-2H3,(H,23,26)(H3,22,24,25,27). The maximum Gasteiger partial charge on any atom is 0.413 e. The molecule has 0 aliphatic rings. The number of nitrogens with zero attached hydrogens (tertiary/aromatic N) is 1. The molecule has 0 heterocycles. The molecule has 0 aliphatic heterocycles. The number of hydrogen-bond donors (Lipinski definition) is 3. The lowest BCUT2D eigenvalue weighted by Gasteiger charge is -2.12. The van der Waals surface area contributed by atoms with Crippen molar-refractivity contribution in [3.63, 3.8) is 0 Å². The van der Waals surface area contributed by atoms with Gasteiger partial charge in [0.2, 0.25) is 11.9 Å². The zero-order chi connectivity index (χ0) is 23.6. The average Bonchev–Trinajstić information content (AvgIpc) is 2.76. The number of nitrogens with two attached hydrogens (primary N) is 1. The minimum atomic E-state index is -4.09. The van der Waals surface area contributed by atoms with Crippen LogP contribution in [0.15, 0.2) is 58.4 Å². The van der Waals surface area contributed by atoms with Crippen LogP contribution < -0.4 is 20.6 Å². The first-order chi connectivity index (χ1) is 15.2. The lowest BCUT2D eigenvalue weighted by Crippen LogP contribution is -2.36. The van der Waals surface area contributed by atoms with Crippen LogP contribution >= 0.6 is 0 Å². The van der Waals surface area contributed by atoms with E-state index in [1.807, 2.05) is 6.92 Å². The number of unbranched alkanes of at least 4 members (excludes halogenated alkanes) is 2. The molecule has 2 aromatic rings. The zero-order valence-electron chi connectivity index (χ0n) is 17.8. The Morgan fingerprint density at radius 2 is 1.81 bits per heavy atom. The SMILES string of the molecule is CCCCCC(=O)Nc1ccc(OS(=O)(=O)c2ccccc2)cc1N=C(N)NC(=O)OC. The van der Waals surface area contributed by atoms with Gasteiger partial charge in [-0.15, -0.1) is 0 Å². The molecule has 172 valence electrons. The summed E-state index contributed by atoms with van der Waals surface area (Å²) in [7, 11) is -2.93. The first-order valence-corrected chi connectivity index (χ1v) is 11.3. The number of anilines is 1. The van der Waals surface area contributed by atoms with Gasteiger partial charge < -0.3 is 20.0 Å². The number of hydrogen-bond acceptors (Lipinski definition) is 7. The number of rotatable bonds is 9. The number of methoxy groups -OCH3 is 1. The summed E-state index contributed by atoms with van der Waals surface area (Å²) in [5, 5.41) is 4.90. The minimum Gasteiger partial charge on any atom is -0.453 e. The van der Waals surface area contributed by atoms with Gasteiger partial charge in [0.15, 0.2) is 0 Å². The molecule has 11 heteroatoms. The zero-order valence-corrected chi connectivity index (χ0v) is 18.6. The average molecular weight is 463 g/mol. The van der Waals surface area contributed by atoms with Crippen molar-refractivity contribution in [1.29, 1.82) is 0 Å². The molecule has 2 amide bonds. The summed E-state index contributed by atoms with van der Waals surface area (Å²) in [6, 6.07) is 11.7. The summed E-state index contributed by atoms with van der Waals surface area (Å²) < 4.78 is 34.7. The highest BCUT2D eigenvalue weighted by molar-refractivity contribution is 7.87. The molecule has 32 heavy (non-hydrogen) atoms. The lowest BCUT2D eigenvalue weighted by molar-refractivity contribution is -0.116. The quantitative estimate of drug-likeness (QED) is 0.224. The number of guanidine groups is 1. The molecule has 4 N–H and O–H groups in total. The monoisotopic (exact) mass is 462 g/mol. The highest BCUT2D eigenvalue weighted by Crippen LogP contribution is 2.31. The molecule has 0 atom stereocenters. The molecule has 0 bridgehead atoms. The third-order valence-corrected chi connectivity index (χ3v) is 5.41. The van der Waals surface area contributed by atoms with Gasteiger partial charge in [-0.3, -0.25) is 10.1 Å². The molecule has 10 nitrogen and oxygen atoms in total. The Balaban J connectivity index is 2.33. The van der Waals surface area contributed by atoms with Crippen LogP contribution in [0.4, 0.5) is 16.2 Å². The van der Waals surface area contributed by atoms with Gasteiger partial charge in [-0.25, -0.2) is 9.79 Å². The minimum absolute atomic E-state index is 0.0229. The Kier molecular flexibility index (Phi) is 9.02. The smallest absolute Gasteiger partial charge is 0.413 e. The molecule has 0 aliphatic carbocycles. The van der Waals surface area contributed by atoms with Crippen molar-refractivity contribution in [1.82, 2.24) is 5.32 Å². The van der Waals surface area contributed by atoms with Crippen molar-refractivity contribution in [2.45, 2.75) is 37.5 Å². The van der Waals surface area contributed by atoms with E-state index in [0.717, 1.165) is 26.4 Å². The van der Waals surface area contributed by atoms with Crippen molar-refractivity contribution in [2.24, 2.45) is 10.7 Å². The fourth-order valence-electron chi connectivity index (χ4n) is 2.59. The third-order valence-electron chi connectivity index (χ3n) is 4.14. The molecule has 0 aromatic heterocycles. The largest absolute Gasteiger partial charge is 0.453 e. The van der Waals surface area contributed by atoms with Crippen molar-refractivity contribution in [3.05, 3.63) is 48.5 Å². The van der Waals surface area contributed by atoms with E-state index in [2.05, 4.69) is 20.4 Å². The molecule has 2 aromatic carbocycles. The second-order valence-electron chi connectivity index (χ2n) is 6.65. The fourth-order valence-corrected chi connectivity index (χ4v) is 3.53. The Bertz CT molecular complexity index is 1070. The van der Waals surface area contributed by atoms with Gasteiger partial charge in [-0.2, -0.15) is 8.42 Å². The van der Waals surface area contributed by atoms with Crippen LogP contribution in [0.2, 0.25) is 0 Å². The molecule has 0 unspecified atom stereocenters. The van der Waals surface area contributed by atoms with Crippen LogP contribution in [-0.2, 0) is 19.6 Å². The highest BCUT2D eigenvalue weighted by Gasteiger charge is 2.18. The van der Waals surface area contributed by atoms with Gasteiger partial charge in [-0.05, 0) is 30.7 Å². The van der Waals surface area contributed by atoms with E-state index in [-0.39, 0.29) is 33.9 Å². The Hall–Kier alpha value is -3.60. The molecular formula is C21H26N4O6S. The van der Waals surface area contributed by atoms with Crippen molar-refractivity contribution in [2.75, 3.05) is 12.4 Å². The van der Waals surface area contributed by atoms with Crippen molar-refractivity contribution in [3.8, 4) is 5.75 Å². The summed E-state index contributed by atoms with van der Waals surface area (Å²) in [6.07, 6.45) is 2.09. The van der Waals surface area contributed by atoms with Crippen LogP contribution in [-0.4, -0.2) is 33.5 Å². The summed E-state index contributed by atoms with van der Waals surface area (Å²) in [5.74, 6) is -0.608. The summed E-state index contributed by atoms with van der Waals surface area (Å²) in [4.78, 5) is 27.6. The number of amides is 2. The maximum atomic E-state index is 12.5. The van der Waals surface area contributed by atoms with E-state index >= 15 is 0 Å². The second-order valence-corrected chi connectivity index (χ2v) is 8.19. The number of carbonyl (C=O) groups excluding carboxylic acids is 2. The van der Waals surface area contributed by atoms with Gasteiger partial charge >= 0.3 is 16.2 Å². The number of ether oxygens (including phenoxy) is 1. The normalized spacial score (nSPS) is 11.5. The number of nitrogens with one attached hydrogen (secondary N) is 2. The maximum absolute atomic E-state index is 12.5. The van der Waals surface area contributed by atoms with E-state index in [1.54, 1.807) is 18.2 Å². The van der Waals surface area contributed by atoms with Crippen LogP contribution in [0.3, 0.4) is 0 Å². The number of alkyl carbamates (subject to hydrolysis) is 1. The first kappa shape index (κ1) is 24.7. The van der Waals surface area contributed by atoms with Gasteiger partial charge in [0, 0.05) is 12.5 Å². The summed E-state index contributed by atoms with van der Waals surface area (Å²) in [6.45, 7) is 2.03. The molecular weight excluding hydrogens is 436 g/mol. The predicted octanol–water partition coefficient (Wildman–Crippen LogP) is 3.28. The second kappa shape index (κ2) is 11.7. The Morgan fingerprint density at radius 1 is 1.09 bits per heavy atom. The van der Waals surface area contributed by atoms with Crippen molar-refractivity contribution >= 4 is 39.5 Å². The molecule has 0 saturated heterocycles. The third kappa shape index (κ3) is 7.58. The van der Waals surface area contributed by atoms with Gasteiger partial charge in [0.1, 0.15) is 10.6 Å². The Labute approximate surface area is 186 Å². The predicted molar refractivity (Wildman–Crippen MR) is 120 cm³/mol. The van der Waals surface area contributed by atoms with Gasteiger partial charge in [0.25, 0.3) is 0 Å². The molecule has 2 rings (SSSR count). The van der Waals surface area contributed by atoms with Gasteiger partial charge in [-0.1, -0.05) is 38.0 Å². The molecule has 0 radical (unpaired) electrons. The van der Waals surface area contributed by atoms with Crippen LogP contribution in [0, 0.1) is 0 Å². The number of benzene rings is 2. The first-order valence-electron chi connectivity index (χ1n) is 9.87. The summed E-state index contributed by atoms with van der Waals surface area (Å²) in [5.41, 5.74) is 6.07. The van der Waals surface area contributed by atoms with Crippen LogP contribution in [0.5, 0.6) is 5.75 Å². The number of aliphatic imine (C=N–C) groups is 1. The Morgan fingerprint density at radius 3 is 2.47 bits per heavy atom. The van der Waals surface area contributed by atoms with E-state index in [4.69, 9.17) is 9.92 Å². The van der Waals surface area contributed by atoms with Crippen LogP contribution in [0.25, 0.3) is 0 Å². The fraction of sp³-hybridized carbons (Fsp3) is 0.286. The molecule has 0 spiro atoms. The highest BCUT2D eigenvalue weighted by atomic mass is 32.2. The molecule has 0 saturated carbocycles. The molecule has 0 fully saturated rings. The van der Waals surface area contributed by atoms with E-state index < -0.39 is 16.2 Å². The van der Waals surface area contributed by atoms with Gasteiger partial charge in [0.05, 0.1) is 18.5 Å². The lowest BCUT2D eigenvalue weighted by atomic mass is 10.2. The van der Waals surface area contributed by atoms with E-state index in [1.165, 1.54) is 30.3 Å². The van der Waals surface area contributed by atoms with E-state index in [9.17, 15) is 18.0 Å². The van der Waals surface area contributed by atoms with Crippen molar-refractivity contribution < 1.29 is 26.9 Å². The number of carbonyl (C=O) groups is 2. The summed E-state index contributed by atoms with van der Waals surface area (Å²) >= 11 is 0. The topological polar surface area (TPSA) is 149 Å². The van der Waals surface area contributed by atoms with Crippen LogP contribution in [0.1, 0.15) is 32.6 Å². The van der Waals surface area contributed by atoms with E-state index in [0.29, 0.717) is 6.42 Å².